The number of nitrogens with one attached hydrogen (secondary N) is 1. The van der Waals surface area contributed by atoms with Gasteiger partial charge in [-0.25, -0.2) is 4.98 Å². The van der Waals surface area contributed by atoms with E-state index in [2.05, 4.69) is 20.0 Å². The van der Waals surface area contributed by atoms with E-state index < -0.39 is 12.1 Å². The van der Waals surface area contributed by atoms with Crippen molar-refractivity contribution in [3.05, 3.63) is 76.4 Å². The van der Waals surface area contributed by atoms with Crippen molar-refractivity contribution in [2.45, 2.75) is 24.4 Å². The minimum atomic E-state index is -4.73. The van der Waals surface area contributed by atoms with Gasteiger partial charge in [0.1, 0.15) is 5.01 Å². The Kier molecular flexibility index (Phi) is 5.24. The summed E-state index contributed by atoms with van der Waals surface area (Å²) in [6.07, 6.45) is -2.87. The molecule has 0 unspecified atom stereocenters. The molecule has 4 aromatic rings. The summed E-state index contributed by atoms with van der Waals surface area (Å²) >= 11 is 1.58. The topological polar surface area (TPSA) is 80.9 Å². The van der Waals surface area contributed by atoms with E-state index in [0.717, 1.165) is 29.1 Å². The van der Waals surface area contributed by atoms with Crippen LogP contribution >= 0.6 is 11.3 Å². The summed E-state index contributed by atoms with van der Waals surface area (Å²) in [5.41, 5.74) is 2.34. The minimum absolute atomic E-state index is 0.180. The van der Waals surface area contributed by atoms with Crippen LogP contribution in [0.25, 0.3) is 22.6 Å². The predicted molar refractivity (Wildman–Crippen MR) is 116 cm³/mol. The molecule has 1 N–H and O–H groups in total. The zero-order valence-corrected chi connectivity index (χ0v) is 17.9. The van der Waals surface area contributed by atoms with Gasteiger partial charge >= 0.3 is 12.1 Å². The molecule has 0 atom stereocenters. The SMILES string of the molecule is O=C(NCC1(c2nc(-c3ccccc3)cs2)CC1)c1cccc(-c2noc(C(F)(F)F)n2)c1. The molecule has 1 amide bonds. The van der Waals surface area contributed by atoms with Gasteiger partial charge < -0.3 is 9.84 Å². The highest BCUT2D eigenvalue weighted by molar-refractivity contribution is 7.10. The van der Waals surface area contributed by atoms with Crippen molar-refractivity contribution in [1.29, 1.82) is 0 Å². The van der Waals surface area contributed by atoms with E-state index in [4.69, 9.17) is 4.98 Å². The Morgan fingerprint density at radius 2 is 1.82 bits per heavy atom. The van der Waals surface area contributed by atoms with Crippen LogP contribution < -0.4 is 5.32 Å². The summed E-state index contributed by atoms with van der Waals surface area (Å²) in [5.74, 6) is -1.99. The zero-order chi connectivity index (χ0) is 23.1. The van der Waals surface area contributed by atoms with Crippen molar-refractivity contribution in [2.75, 3.05) is 6.54 Å². The van der Waals surface area contributed by atoms with Crippen LogP contribution in [0.4, 0.5) is 13.2 Å². The molecular formula is C23H17F3N4O2S. The van der Waals surface area contributed by atoms with Crippen molar-refractivity contribution < 1.29 is 22.5 Å². The molecule has 2 heterocycles. The van der Waals surface area contributed by atoms with Gasteiger partial charge in [-0.1, -0.05) is 47.6 Å². The Morgan fingerprint density at radius 3 is 2.52 bits per heavy atom. The normalized spacial score (nSPS) is 14.8. The summed E-state index contributed by atoms with van der Waals surface area (Å²) < 4.78 is 42.4. The minimum Gasteiger partial charge on any atom is -0.351 e. The Bertz CT molecular complexity index is 1300. The predicted octanol–water partition coefficient (Wildman–Crippen LogP) is 5.34. The van der Waals surface area contributed by atoms with E-state index in [1.165, 1.54) is 12.1 Å². The molecule has 1 aliphatic carbocycles. The molecule has 1 fully saturated rings. The fourth-order valence-electron chi connectivity index (χ4n) is 3.48. The average Bonchev–Trinajstić information content (AvgIpc) is 3.22. The van der Waals surface area contributed by atoms with Crippen LogP contribution in [0.2, 0.25) is 0 Å². The quantitative estimate of drug-likeness (QED) is 0.411. The van der Waals surface area contributed by atoms with Crippen LogP contribution in [-0.2, 0) is 11.6 Å². The molecule has 0 aliphatic heterocycles. The Hall–Kier alpha value is -3.53. The molecule has 6 nitrogen and oxygen atoms in total. The monoisotopic (exact) mass is 470 g/mol. The largest absolute Gasteiger partial charge is 0.471 e. The first-order valence-electron chi connectivity index (χ1n) is 10.2. The van der Waals surface area contributed by atoms with Crippen LogP contribution in [0.3, 0.4) is 0 Å². The number of amides is 1. The van der Waals surface area contributed by atoms with Gasteiger partial charge in [0.25, 0.3) is 5.91 Å². The van der Waals surface area contributed by atoms with E-state index in [0.29, 0.717) is 12.1 Å². The van der Waals surface area contributed by atoms with Gasteiger partial charge in [-0.3, -0.25) is 4.79 Å². The lowest BCUT2D eigenvalue weighted by Crippen LogP contribution is -2.32. The number of benzene rings is 2. The molecule has 33 heavy (non-hydrogen) atoms. The second-order valence-electron chi connectivity index (χ2n) is 7.87. The van der Waals surface area contributed by atoms with Crippen LogP contribution in [0.1, 0.15) is 34.1 Å². The number of nitrogens with zero attached hydrogens (tertiary/aromatic N) is 3. The number of thiazole rings is 1. The maximum absolute atomic E-state index is 12.8. The second-order valence-corrected chi connectivity index (χ2v) is 8.73. The summed E-state index contributed by atoms with van der Waals surface area (Å²) in [4.78, 5) is 20.9. The fourth-order valence-corrected chi connectivity index (χ4v) is 4.57. The Morgan fingerprint density at radius 1 is 1.06 bits per heavy atom. The van der Waals surface area contributed by atoms with Crippen molar-refractivity contribution >= 4 is 17.2 Å². The first-order valence-corrected chi connectivity index (χ1v) is 11.0. The van der Waals surface area contributed by atoms with Crippen LogP contribution in [0, 0.1) is 0 Å². The van der Waals surface area contributed by atoms with Gasteiger partial charge in [0, 0.05) is 34.0 Å². The van der Waals surface area contributed by atoms with Gasteiger partial charge in [0.2, 0.25) is 5.82 Å². The van der Waals surface area contributed by atoms with Crippen molar-refractivity contribution in [3.63, 3.8) is 0 Å². The number of carbonyl (C=O) groups is 1. The lowest BCUT2D eigenvalue weighted by molar-refractivity contribution is -0.159. The molecule has 1 aliphatic rings. The smallest absolute Gasteiger partial charge is 0.351 e. The molecule has 2 aromatic carbocycles. The molecule has 5 rings (SSSR count). The molecule has 0 bridgehead atoms. The molecule has 0 saturated heterocycles. The summed E-state index contributed by atoms with van der Waals surface area (Å²) in [6.45, 7) is 0.429. The number of rotatable bonds is 6. The van der Waals surface area contributed by atoms with Gasteiger partial charge in [0.05, 0.1) is 5.69 Å². The third-order valence-corrected chi connectivity index (χ3v) is 6.61. The van der Waals surface area contributed by atoms with Gasteiger partial charge in [0.15, 0.2) is 0 Å². The third-order valence-electron chi connectivity index (χ3n) is 5.52. The number of hydrogen-bond donors (Lipinski definition) is 1. The highest BCUT2D eigenvalue weighted by atomic mass is 32.1. The highest BCUT2D eigenvalue weighted by Gasteiger charge is 2.47. The van der Waals surface area contributed by atoms with Crippen molar-refractivity contribution in [1.82, 2.24) is 20.4 Å². The van der Waals surface area contributed by atoms with Crippen LogP contribution in [-0.4, -0.2) is 27.6 Å². The second kappa shape index (κ2) is 8.11. The first kappa shape index (κ1) is 21.3. The molecule has 10 heteroatoms. The number of carbonyl (C=O) groups excluding carboxylic acids is 1. The van der Waals surface area contributed by atoms with Gasteiger partial charge in [-0.15, -0.1) is 11.3 Å². The Balaban J connectivity index is 1.28. The number of aromatic nitrogens is 3. The van der Waals surface area contributed by atoms with Crippen molar-refractivity contribution in [3.8, 4) is 22.6 Å². The number of hydrogen-bond acceptors (Lipinski definition) is 6. The fraction of sp³-hybridized carbons (Fsp3) is 0.217. The van der Waals surface area contributed by atoms with E-state index >= 15 is 0 Å². The standard InChI is InChI=1S/C23H17F3N4O2S/c24-23(25,26)20-29-18(30-32-20)15-7-4-8-16(11-15)19(31)27-13-22(9-10-22)21-28-17(12-33-21)14-5-2-1-3-6-14/h1-8,11-12H,9-10,13H2,(H,27,31). The Labute approximate surface area is 190 Å². The maximum Gasteiger partial charge on any atom is 0.471 e. The molecule has 168 valence electrons. The molecule has 2 aromatic heterocycles. The zero-order valence-electron chi connectivity index (χ0n) is 17.1. The van der Waals surface area contributed by atoms with E-state index in [-0.39, 0.29) is 22.7 Å². The lowest BCUT2D eigenvalue weighted by Gasteiger charge is -2.13. The van der Waals surface area contributed by atoms with Gasteiger partial charge in [-0.2, -0.15) is 18.2 Å². The highest BCUT2D eigenvalue weighted by Crippen LogP contribution is 2.49. The van der Waals surface area contributed by atoms with Gasteiger partial charge in [-0.05, 0) is 25.0 Å². The third kappa shape index (κ3) is 4.38. The van der Waals surface area contributed by atoms with E-state index in [1.54, 1.807) is 23.5 Å². The molecule has 0 spiro atoms. The number of halogens is 3. The summed E-state index contributed by atoms with van der Waals surface area (Å²) in [5, 5.41) is 9.32. The maximum atomic E-state index is 12.8. The van der Waals surface area contributed by atoms with E-state index in [1.807, 2.05) is 35.7 Å². The summed E-state index contributed by atoms with van der Waals surface area (Å²) in [6, 6.07) is 16.0. The van der Waals surface area contributed by atoms with Crippen LogP contribution in [0.15, 0.2) is 64.5 Å². The van der Waals surface area contributed by atoms with Crippen LogP contribution in [0.5, 0.6) is 0 Å². The first-order chi connectivity index (χ1) is 15.8. The number of alkyl halides is 3. The molecule has 1 saturated carbocycles. The lowest BCUT2D eigenvalue weighted by atomic mass is 10.1. The van der Waals surface area contributed by atoms with Crippen molar-refractivity contribution in [2.24, 2.45) is 0 Å². The average molecular weight is 470 g/mol. The van der Waals surface area contributed by atoms with E-state index in [9.17, 15) is 18.0 Å². The molecule has 0 radical (unpaired) electrons. The molecular weight excluding hydrogens is 453 g/mol. The summed E-state index contributed by atoms with van der Waals surface area (Å²) in [7, 11) is 0.